The molecule has 366 valence electrons. The third kappa shape index (κ3) is 9.49. The van der Waals surface area contributed by atoms with Gasteiger partial charge in [0.2, 0.25) is 0 Å². The summed E-state index contributed by atoms with van der Waals surface area (Å²) in [6, 6.07) is 24.7. The van der Waals surface area contributed by atoms with Crippen LogP contribution in [-0.2, 0) is 9.31 Å². The van der Waals surface area contributed by atoms with Gasteiger partial charge >= 0.3 is 7.12 Å². The summed E-state index contributed by atoms with van der Waals surface area (Å²) in [7, 11) is -0.412. The topological polar surface area (TPSA) is 148 Å². The number of aromatic nitrogens is 8. The van der Waals surface area contributed by atoms with E-state index in [2.05, 4.69) is 111 Å². The number of aryl methyl sites for hydroxylation is 8. The summed E-state index contributed by atoms with van der Waals surface area (Å²) in [6.45, 7) is 32.1. The fourth-order valence-corrected chi connectivity index (χ4v) is 8.96. The molecule has 14 heteroatoms. The van der Waals surface area contributed by atoms with E-state index in [-0.39, 0.29) is 11.2 Å². The lowest BCUT2D eigenvalue weighted by Gasteiger charge is -2.32. The second kappa shape index (κ2) is 18.9. The molecule has 1 fully saturated rings. The maximum atomic E-state index is 6.20. The Kier molecular flexibility index (Phi) is 13.1. The van der Waals surface area contributed by atoms with Crippen molar-refractivity contribution in [2.75, 3.05) is 0 Å². The van der Waals surface area contributed by atoms with Crippen molar-refractivity contribution in [3.8, 4) is 34.0 Å². The predicted octanol–water partition coefficient (Wildman–Crippen LogP) is 13.7. The van der Waals surface area contributed by atoms with Gasteiger partial charge in [-0.1, -0.05) is 29.8 Å². The number of fused-ring (bicyclic) bond motifs is 6. The third-order valence-electron chi connectivity index (χ3n) is 14.5. The summed E-state index contributed by atoms with van der Waals surface area (Å²) >= 11 is 5.77. The Morgan fingerprint density at radius 1 is 0.389 bits per heavy atom. The maximum absolute atomic E-state index is 6.20. The zero-order chi connectivity index (χ0) is 51.7. The second-order valence-corrected chi connectivity index (χ2v) is 20.3. The van der Waals surface area contributed by atoms with Gasteiger partial charge in [-0.3, -0.25) is 0 Å². The second-order valence-electron chi connectivity index (χ2n) is 20.0. The summed E-state index contributed by atoms with van der Waals surface area (Å²) in [6.07, 6.45) is 0. The number of halogens is 1. The van der Waals surface area contributed by atoms with E-state index in [0.717, 1.165) is 151 Å². The van der Waals surface area contributed by atoms with Crippen LogP contribution in [0, 0.1) is 83.1 Å². The summed E-state index contributed by atoms with van der Waals surface area (Å²) in [5.41, 5.74) is 17.8. The van der Waals surface area contributed by atoms with Crippen molar-refractivity contribution in [1.82, 2.24) is 39.9 Å². The number of nitrogens with zero attached hydrogens (tertiary/aromatic N) is 8. The van der Waals surface area contributed by atoms with Crippen LogP contribution in [0.3, 0.4) is 0 Å². The van der Waals surface area contributed by atoms with Gasteiger partial charge in [-0.25, -0.2) is 39.9 Å². The molecule has 0 spiro atoms. The summed E-state index contributed by atoms with van der Waals surface area (Å²) < 4.78 is 24.8. The highest BCUT2D eigenvalue weighted by Crippen LogP contribution is 2.38. The maximum Gasteiger partial charge on any atom is 0.494 e. The SMILES string of the molecule is Cc1nc(-c2ccc3oc4cc(B5OC(C)(C)C(C)(C)O5)ccc4c3c2)nc(C)c1C.Cc1nc(C)c(C)c(-c2ccc3c(c2)oc2ccc(-c4nc(C)c(C)c(C)n4)cc23)n1.Cc1nc(C)c(C)c(Cl)n1. The van der Waals surface area contributed by atoms with Crippen molar-refractivity contribution >= 4 is 68.1 Å². The lowest BCUT2D eigenvalue weighted by molar-refractivity contribution is 0.00578. The average molecular weight is 979 g/mol. The van der Waals surface area contributed by atoms with Crippen molar-refractivity contribution < 1.29 is 18.1 Å². The molecule has 12 nitrogen and oxygen atoms in total. The Morgan fingerprint density at radius 3 is 1.29 bits per heavy atom. The molecule has 0 bridgehead atoms. The molecule has 0 atom stereocenters. The fourth-order valence-electron chi connectivity index (χ4n) is 8.70. The van der Waals surface area contributed by atoms with E-state index in [0.29, 0.717) is 5.15 Å². The highest BCUT2D eigenvalue weighted by molar-refractivity contribution is 6.62. The largest absolute Gasteiger partial charge is 0.494 e. The third-order valence-corrected chi connectivity index (χ3v) is 14.9. The molecule has 7 heterocycles. The summed E-state index contributed by atoms with van der Waals surface area (Å²) in [5.74, 6) is 2.99. The molecule has 72 heavy (non-hydrogen) atoms. The van der Waals surface area contributed by atoms with Crippen LogP contribution in [0.1, 0.15) is 95.8 Å². The standard InChI is InChI=1S/C26H24N4O.C25H27BN2O3.C7H9ClN2/c1-13-15(3)28-26(29-16(13)4)20-8-10-23-22(11-20)21-9-7-19(12-24(21)31-23)25-14(2)17(5)27-18(6)30-25;1-14-15(2)27-23(28-16(14)3)17-8-11-21-20(12-17)19-10-9-18(13-22(19)29-21)26-30-24(4,5)25(6,7)31-26;1-4-5(2)9-6(3)10-7(4)8/h7-12H,1-6H3;8-13H,1-7H3;1-3H3. The van der Waals surface area contributed by atoms with Gasteiger partial charge < -0.3 is 18.1 Å². The minimum atomic E-state index is -0.412. The zero-order valence-electron chi connectivity index (χ0n) is 44.1. The van der Waals surface area contributed by atoms with E-state index in [1.165, 1.54) is 0 Å². The predicted molar refractivity (Wildman–Crippen MR) is 290 cm³/mol. The Balaban J connectivity index is 0.000000149. The summed E-state index contributed by atoms with van der Waals surface area (Å²) in [4.78, 5) is 36.1. The normalized spacial score (nSPS) is 14.0. The van der Waals surface area contributed by atoms with Gasteiger partial charge in [0.1, 0.15) is 39.1 Å². The van der Waals surface area contributed by atoms with E-state index in [1.54, 1.807) is 0 Å². The Morgan fingerprint density at radius 2 is 0.806 bits per heavy atom. The molecule has 0 aliphatic carbocycles. The highest BCUT2D eigenvalue weighted by atomic mass is 35.5. The lowest BCUT2D eigenvalue weighted by Crippen LogP contribution is -2.41. The van der Waals surface area contributed by atoms with Crippen molar-refractivity contribution in [3.05, 3.63) is 146 Å². The molecule has 1 aliphatic rings. The molecule has 10 aromatic rings. The van der Waals surface area contributed by atoms with Crippen LogP contribution in [0.5, 0.6) is 0 Å². The van der Waals surface area contributed by atoms with Crippen LogP contribution < -0.4 is 5.46 Å². The quantitative estimate of drug-likeness (QED) is 0.122. The first-order valence-electron chi connectivity index (χ1n) is 24.2. The fraction of sp³-hybridized carbons (Fsp3) is 0.310. The molecular formula is C58H60BClN8O4. The van der Waals surface area contributed by atoms with Crippen molar-refractivity contribution in [3.63, 3.8) is 0 Å². The number of hydrogen-bond acceptors (Lipinski definition) is 12. The minimum absolute atomic E-state index is 0.375. The van der Waals surface area contributed by atoms with Gasteiger partial charge in [0.05, 0.1) is 16.9 Å². The van der Waals surface area contributed by atoms with Crippen LogP contribution in [-0.4, -0.2) is 58.2 Å². The van der Waals surface area contributed by atoms with E-state index < -0.39 is 7.12 Å². The van der Waals surface area contributed by atoms with Crippen LogP contribution in [0.2, 0.25) is 5.15 Å². The zero-order valence-corrected chi connectivity index (χ0v) is 44.9. The van der Waals surface area contributed by atoms with Gasteiger partial charge in [0.25, 0.3) is 0 Å². The van der Waals surface area contributed by atoms with E-state index in [1.807, 2.05) is 92.6 Å². The van der Waals surface area contributed by atoms with Gasteiger partial charge in [-0.05, 0) is 188 Å². The number of hydrogen-bond donors (Lipinski definition) is 0. The number of benzene rings is 4. The number of furan rings is 2. The molecule has 11 rings (SSSR count). The smallest absolute Gasteiger partial charge is 0.456 e. The molecule has 0 unspecified atom stereocenters. The van der Waals surface area contributed by atoms with Gasteiger partial charge in [-0.2, -0.15) is 0 Å². The Bertz CT molecular complexity index is 3700. The van der Waals surface area contributed by atoms with Crippen molar-refractivity contribution in [1.29, 1.82) is 0 Å². The molecule has 0 saturated carbocycles. The van der Waals surface area contributed by atoms with Crippen LogP contribution in [0.15, 0.2) is 81.6 Å². The summed E-state index contributed by atoms with van der Waals surface area (Å²) in [5, 5.41) is 4.79. The molecule has 0 radical (unpaired) electrons. The van der Waals surface area contributed by atoms with E-state index in [9.17, 15) is 0 Å². The molecule has 4 aromatic carbocycles. The molecule has 0 N–H and O–H groups in total. The molecular weight excluding hydrogens is 919 g/mol. The highest BCUT2D eigenvalue weighted by Gasteiger charge is 2.51. The van der Waals surface area contributed by atoms with E-state index in [4.69, 9.17) is 49.7 Å². The van der Waals surface area contributed by atoms with Gasteiger partial charge in [-0.15, -0.1) is 0 Å². The van der Waals surface area contributed by atoms with Crippen molar-refractivity contribution in [2.24, 2.45) is 0 Å². The Labute approximate surface area is 426 Å². The van der Waals surface area contributed by atoms with Gasteiger partial charge in [0, 0.05) is 78.0 Å². The molecule has 1 saturated heterocycles. The lowest BCUT2D eigenvalue weighted by atomic mass is 9.79. The monoisotopic (exact) mass is 978 g/mol. The van der Waals surface area contributed by atoms with Crippen molar-refractivity contribution in [2.45, 2.75) is 122 Å². The molecule has 1 aliphatic heterocycles. The van der Waals surface area contributed by atoms with Gasteiger partial charge in [0.15, 0.2) is 11.6 Å². The van der Waals surface area contributed by atoms with Crippen LogP contribution in [0.4, 0.5) is 0 Å². The first-order chi connectivity index (χ1) is 34.0. The molecule has 6 aromatic heterocycles. The average Bonchev–Trinajstić information content (AvgIpc) is 3.96. The first kappa shape index (κ1) is 50.0. The Hall–Kier alpha value is -6.93. The molecule has 0 amide bonds. The number of rotatable bonds is 4. The van der Waals surface area contributed by atoms with Crippen LogP contribution >= 0.6 is 11.6 Å². The van der Waals surface area contributed by atoms with Crippen LogP contribution in [0.25, 0.3) is 77.9 Å². The first-order valence-corrected chi connectivity index (χ1v) is 24.6. The van der Waals surface area contributed by atoms with E-state index >= 15 is 0 Å². The minimum Gasteiger partial charge on any atom is -0.456 e.